The van der Waals surface area contributed by atoms with E-state index in [0.29, 0.717) is 12.1 Å². The van der Waals surface area contributed by atoms with Gasteiger partial charge in [0, 0.05) is 11.3 Å². The fraction of sp³-hybridized carbons (Fsp3) is 0.571. The van der Waals surface area contributed by atoms with Gasteiger partial charge in [-0.3, -0.25) is 0 Å². The number of nitrogens with one attached hydrogen (secondary N) is 1. The number of aliphatic hydroxyl groups excluding tert-OH is 1. The van der Waals surface area contributed by atoms with Gasteiger partial charge < -0.3 is 5.11 Å². The van der Waals surface area contributed by atoms with Crippen LogP contribution in [0, 0.1) is 6.92 Å². The lowest BCUT2D eigenvalue weighted by molar-refractivity contribution is 0.280. The Morgan fingerprint density at radius 2 is 2.10 bits per heavy atom. The molecule has 1 saturated carbocycles. The number of aliphatic hydroxyl groups is 1. The molecule has 1 aromatic carbocycles. The number of benzene rings is 1. The summed E-state index contributed by atoms with van der Waals surface area (Å²) in [5, 5.41) is 9.23. The first kappa shape index (κ1) is 15.8. The van der Waals surface area contributed by atoms with Gasteiger partial charge >= 0.3 is 0 Å². The van der Waals surface area contributed by atoms with Crippen molar-refractivity contribution in [3.8, 4) is 0 Å². The second-order valence-electron chi connectivity index (χ2n) is 5.31. The SMILES string of the molecule is CSC1(CNS(=O)(=O)c2ccc(C)c(CO)c2)CCC1. The molecular formula is C14H21NO3S2. The van der Waals surface area contributed by atoms with Crippen LogP contribution in [0.5, 0.6) is 0 Å². The maximum atomic E-state index is 12.3. The molecule has 0 amide bonds. The zero-order valence-electron chi connectivity index (χ0n) is 11.8. The standard InChI is InChI=1S/C14H21NO3S2/c1-11-4-5-13(8-12(11)9-16)20(17,18)15-10-14(19-2)6-3-7-14/h4-5,8,15-16H,3,6-7,9-10H2,1-2H3. The zero-order chi connectivity index (χ0) is 14.8. The topological polar surface area (TPSA) is 66.4 Å². The fourth-order valence-electron chi connectivity index (χ4n) is 2.32. The molecule has 0 saturated heterocycles. The van der Waals surface area contributed by atoms with Gasteiger partial charge in [0.15, 0.2) is 0 Å². The Morgan fingerprint density at radius 1 is 1.40 bits per heavy atom. The van der Waals surface area contributed by atoms with E-state index < -0.39 is 10.0 Å². The normalized spacial score (nSPS) is 17.8. The highest BCUT2D eigenvalue weighted by molar-refractivity contribution is 8.00. The average molecular weight is 315 g/mol. The van der Waals surface area contributed by atoms with Gasteiger partial charge in [0.2, 0.25) is 10.0 Å². The van der Waals surface area contributed by atoms with Gasteiger partial charge in [0.05, 0.1) is 11.5 Å². The first-order valence-corrected chi connectivity index (χ1v) is 9.38. The predicted molar refractivity (Wildman–Crippen MR) is 82.4 cm³/mol. The molecule has 6 heteroatoms. The molecule has 0 aliphatic heterocycles. The second kappa shape index (κ2) is 6.05. The Balaban J connectivity index is 2.14. The molecule has 0 bridgehead atoms. The number of sulfonamides is 1. The van der Waals surface area contributed by atoms with E-state index in [0.717, 1.165) is 18.4 Å². The van der Waals surface area contributed by atoms with Crippen LogP contribution in [0.15, 0.2) is 23.1 Å². The van der Waals surface area contributed by atoms with Crippen LogP contribution in [0.25, 0.3) is 0 Å². The molecular weight excluding hydrogens is 294 g/mol. The summed E-state index contributed by atoms with van der Waals surface area (Å²) < 4.78 is 27.4. The summed E-state index contributed by atoms with van der Waals surface area (Å²) in [6, 6.07) is 4.86. The summed E-state index contributed by atoms with van der Waals surface area (Å²) in [7, 11) is -3.50. The maximum absolute atomic E-state index is 12.3. The van der Waals surface area contributed by atoms with Crippen molar-refractivity contribution in [1.82, 2.24) is 4.72 Å². The summed E-state index contributed by atoms with van der Waals surface area (Å²) >= 11 is 1.74. The van der Waals surface area contributed by atoms with Gasteiger partial charge in [-0.25, -0.2) is 13.1 Å². The fourth-order valence-corrected chi connectivity index (χ4v) is 4.50. The largest absolute Gasteiger partial charge is 0.392 e. The van der Waals surface area contributed by atoms with E-state index in [4.69, 9.17) is 0 Å². The van der Waals surface area contributed by atoms with E-state index in [2.05, 4.69) is 4.72 Å². The van der Waals surface area contributed by atoms with E-state index in [1.54, 1.807) is 30.0 Å². The monoisotopic (exact) mass is 315 g/mol. The van der Waals surface area contributed by atoms with E-state index >= 15 is 0 Å². The molecule has 0 spiro atoms. The highest BCUT2D eigenvalue weighted by Gasteiger charge is 2.37. The lowest BCUT2D eigenvalue weighted by Crippen LogP contribution is -2.45. The molecule has 0 heterocycles. The van der Waals surface area contributed by atoms with Crippen LogP contribution in [0.4, 0.5) is 0 Å². The molecule has 0 radical (unpaired) electrons. The number of hydrogen-bond donors (Lipinski definition) is 2. The molecule has 0 aromatic heterocycles. The minimum Gasteiger partial charge on any atom is -0.392 e. The molecule has 1 aliphatic carbocycles. The summed E-state index contributed by atoms with van der Waals surface area (Å²) in [6.07, 6.45) is 5.32. The molecule has 112 valence electrons. The van der Waals surface area contributed by atoms with Gasteiger partial charge in [0.25, 0.3) is 0 Å². The van der Waals surface area contributed by atoms with Crippen molar-refractivity contribution in [2.75, 3.05) is 12.8 Å². The highest BCUT2D eigenvalue weighted by atomic mass is 32.2. The van der Waals surface area contributed by atoms with Crippen molar-refractivity contribution < 1.29 is 13.5 Å². The van der Waals surface area contributed by atoms with Crippen LogP contribution in [0.1, 0.15) is 30.4 Å². The van der Waals surface area contributed by atoms with Crippen molar-refractivity contribution in [2.45, 2.75) is 42.4 Å². The average Bonchev–Trinajstić information content (AvgIpc) is 2.38. The van der Waals surface area contributed by atoms with E-state index in [1.807, 2.05) is 13.2 Å². The number of hydrogen-bond acceptors (Lipinski definition) is 4. The Kier molecular flexibility index (Phi) is 4.79. The zero-order valence-corrected chi connectivity index (χ0v) is 13.5. The minimum atomic E-state index is -3.50. The number of thioether (sulfide) groups is 1. The maximum Gasteiger partial charge on any atom is 0.240 e. The lowest BCUT2D eigenvalue weighted by atomic mass is 9.84. The Hall–Kier alpha value is -0.560. The molecule has 4 nitrogen and oxygen atoms in total. The number of aryl methyl sites for hydroxylation is 1. The first-order chi connectivity index (χ1) is 9.42. The van der Waals surface area contributed by atoms with Crippen LogP contribution in [-0.4, -0.2) is 31.1 Å². The molecule has 1 aromatic rings. The smallest absolute Gasteiger partial charge is 0.240 e. The quantitative estimate of drug-likeness (QED) is 0.843. The number of rotatable bonds is 6. The van der Waals surface area contributed by atoms with Gasteiger partial charge in [0.1, 0.15) is 0 Å². The van der Waals surface area contributed by atoms with E-state index in [-0.39, 0.29) is 16.2 Å². The Labute approximate surface area is 125 Å². The van der Waals surface area contributed by atoms with Crippen molar-refractivity contribution in [3.05, 3.63) is 29.3 Å². The summed E-state index contributed by atoms with van der Waals surface area (Å²) in [5.41, 5.74) is 1.54. The van der Waals surface area contributed by atoms with E-state index in [9.17, 15) is 13.5 Å². The van der Waals surface area contributed by atoms with Crippen molar-refractivity contribution >= 4 is 21.8 Å². The highest BCUT2D eigenvalue weighted by Crippen LogP contribution is 2.42. The van der Waals surface area contributed by atoms with Crippen molar-refractivity contribution in [1.29, 1.82) is 0 Å². The Bertz CT molecular complexity index is 575. The van der Waals surface area contributed by atoms with Crippen LogP contribution < -0.4 is 4.72 Å². The minimum absolute atomic E-state index is 0.0670. The molecule has 0 unspecified atom stereocenters. The van der Waals surface area contributed by atoms with Crippen LogP contribution in [-0.2, 0) is 16.6 Å². The molecule has 20 heavy (non-hydrogen) atoms. The lowest BCUT2D eigenvalue weighted by Gasteiger charge is -2.40. The molecule has 1 fully saturated rings. The molecule has 0 atom stereocenters. The summed E-state index contributed by atoms with van der Waals surface area (Å²) in [6.45, 7) is 2.18. The van der Waals surface area contributed by atoms with Crippen LogP contribution >= 0.6 is 11.8 Å². The Morgan fingerprint density at radius 3 is 2.60 bits per heavy atom. The summed E-state index contributed by atoms with van der Waals surface area (Å²) in [5.74, 6) is 0. The van der Waals surface area contributed by atoms with Gasteiger partial charge in [-0.15, -0.1) is 0 Å². The third-order valence-electron chi connectivity index (χ3n) is 4.08. The van der Waals surface area contributed by atoms with Crippen LogP contribution in [0.3, 0.4) is 0 Å². The predicted octanol–water partition coefficient (Wildman–Crippen LogP) is 2.05. The van der Waals surface area contributed by atoms with Crippen molar-refractivity contribution in [2.24, 2.45) is 0 Å². The van der Waals surface area contributed by atoms with Crippen molar-refractivity contribution in [3.63, 3.8) is 0 Å². The van der Waals surface area contributed by atoms with E-state index in [1.165, 1.54) is 6.42 Å². The molecule has 2 rings (SSSR count). The van der Waals surface area contributed by atoms with Crippen LogP contribution in [0.2, 0.25) is 0 Å². The van der Waals surface area contributed by atoms with Gasteiger partial charge in [-0.05, 0) is 49.3 Å². The first-order valence-electron chi connectivity index (χ1n) is 6.68. The third kappa shape index (κ3) is 3.19. The third-order valence-corrected chi connectivity index (χ3v) is 6.90. The molecule has 2 N–H and O–H groups in total. The molecule has 1 aliphatic rings. The second-order valence-corrected chi connectivity index (χ2v) is 8.35. The van der Waals surface area contributed by atoms with Gasteiger partial charge in [-0.1, -0.05) is 12.5 Å². The summed E-state index contributed by atoms with van der Waals surface area (Å²) in [4.78, 5) is 0.225. The van der Waals surface area contributed by atoms with Gasteiger partial charge in [-0.2, -0.15) is 11.8 Å².